The summed E-state index contributed by atoms with van der Waals surface area (Å²) >= 11 is 0. The van der Waals surface area contributed by atoms with Gasteiger partial charge in [0.2, 0.25) is 6.79 Å². The predicted octanol–water partition coefficient (Wildman–Crippen LogP) is 2.77. The summed E-state index contributed by atoms with van der Waals surface area (Å²) in [5, 5.41) is 0. The van der Waals surface area contributed by atoms with E-state index in [0.29, 0.717) is 30.2 Å². The molecule has 2 aromatic rings. The Morgan fingerprint density at radius 2 is 1.83 bits per heavy atom. The molecule has 1 fully saturated rings. The average molecular weight is 324 g/mol. The van der Waals surface area contributed by atoms with Crippen molar-refractivity contribution < 1.29 is 14.3 Å². The van der Waals surface area contributed by atoms with E-state index in [1.807, 2.05) is 29.2 Å². The van der Waals surface area contributed by atoms with E-state index in [4.69, 9.17) is 9.47 Å². The van der Waals surface area contributed by atoms with Gasteiger partial charge in [0, 0.05) is 36.9 Å². The van der Waals surface area contributed by atoms with E-state index in [9.17, 15) is 4.79 Å². The van der Waals surface area contributed by atoms with Gasteiger partial charge in [-0.3, -0.25) is 4.79 Å². The Bertz CT molecular complexity index is 748. The summed E-state index contributed by atoms with van der Waals surface area (Å²) in [5.74, 6) is 1.40. The summed E-state index contributed by atoms with van der Waals surface area (Å²) in [4.78, 5) is 17.1. The molecule has 5 heteroatoms. The molecule has 2 aliphatic rings. The van der Waals surface area contributed by atoms with Gasteiger partial charge in [0.05, 0.1) is 0 Å². The van der Waals surface area contributed by atoms with Crippen molar-refractivity contribution in [2.24, 2.45) is 0 Å². The van der Waals surface area contributed by atoms with Crippen molar-refractivity contribution in [2.75, 3.05) is 31.3 Å². The second-order valence-electron chi connectivity index (χ2n) is 6.20. The fourth-order valence-electron chi connectivity index (χ4n) is 3.36. The summed E-state index contributed by atoms with van der Waals surface area (Å²) in [7, 11) is 0. The average Bonchev–Trinajstić information content (AvgIpc) is 3.09. The zero-order valence-corrected chi connectivity index (χ0v) is 13.6. The Hall–Kier alpha value is -2.69. The Labute approximate surface area is 141 Å². The Balaban J connectivity index is 1.47. The number of para-hydroxylation sites is 1. The number of hydrogen-bond acceptors (Lipinski definition) is 4. The van der Waals surface area contributed by atoms with Crippen molar-refractivity contribution in [3.63, 3.8) is 0 Å². The fraction of sp³-hybridized carbons (Fsp3) is 0.316. The minimum atomic E-state index is 0.0489. The zero-order chi connectivity index (χ0) is 16.5. The van der Waals surface area contributed by atoms with E-state index in [0.717, 1.165) is 6.54 Å². The number of anilines is 1. The molecule has 1 saturated heterocycles. The molecule has 2 aliphatic heterocycles. The number of hydrogen-bond donors (Lipinski definition) is 0. The molecule has 2 heterocycles. The van der Waals surface area contributed by atoms with Crippen LogP contribution in [0.4, 0.5) is 5.69 Å². The fourth-order valence-corrected chi connectivity index (χ4v) is 3.36. The smallest absolute Gasteiger partial charge is 0.254 e. The maximum atomic E-state index is 12.8. The third-order valence-electron chi connectivity index (χ3n) is 4.62. The molecule has 1 amide bonds. The van der Waals surface area contributed by atoms with Crippen molar-refractivity contribution in [1.29, 1.82) is 0 Å². The van der Waals surface area contributed by atoms with E-state index in [-0.39, 0.29) is 18.7 Å². The van der Waals surface area contributed by atoms with Crippen LogP contribution >= 0.6 is 0 Å². The molecule has 1 unspecified atom stereocenters. The van der Waals surface area contributed by atoms with E-state index in [1.54, 1.807) is 12.1 Å². The normalized spacial score (nSPS) is 19.5. The van der Waals surface area contributed by atoms with Crippen molar-refractivity contribution >= 4 is 11.6 Å². The van der Waals surface area contributed by atoms with E-state index in [2.05, 4.69) is 24.0 Å². The number of carbonyl (C=O) groups excluding carboxylic acids is 1. The van der Waals surface area contributed by atoms with Gasteiger partial charge >= 0.3 is 0 Å². The SMILES string of the molecule is CC1CN(C(=O)c2ccc3c(c2)OCO3)CCN1c1ccccc1. The van der Waals surface area contributed by atoms with E-state index < -0.39 is 0 Å². The van der Waals surface area contributed by atoms with Crippen LogP contribution in [-0.4, -0.2) is 43.3 Å². The lowest BCUT2D eigenvalue weighted by atomic mass is 10.1. The number of amides is 1. The van der Waals surface area contributed by atoms with Gasteiger partial charge < -0.3 is 19.3 Å². The maximum absolute atomic E-state index is 12.8. The summed E-state index contributed by atoms with van der Waals surface area (Å²) in [6.45, 7) is 4.64. The van der Waals surface area contributed by atoms with Crippen LogP contribution in [0.3, 0.4) is 0 Å². The highest BCUT2D eigenvalue weighted by molar-refractivity contribution is 5.95. The molecule has 0 aromatic heterocycles. The number of piperazine rings is 1. The van der Waals surface area contributed by atoms with Crippen LogP contribution in [0.5, 0.6) is 11.5 Å². The van der Waals surface area contributed by atoms with Gasteiger partial charge in [-0.25, -0.2) is 0 Å². The Kier molecular flexibility index (Phi) is 3.76. The molecule has 0 bridgehead atoms. The lowest BCUT2D eigenvalue weighted by molar-refractivity contribution is 0.0726. The topological polar surface area (TPSA) is 42.0 Å². The highest BCUT2D eigenvalue weighted by atomic mass is 16.7. The van der Waals surface area contributed by atoms with Gasteiger partial charge in [-0.1, -0.05) is 18.2 Å². The van der Waals surface area contributed by atoms with Gasteiger partial charge in [0.1, 0.15) is 0 Å². The second-order valence-corrected chi connectivity index (χ2v) is 6.20. The van der Waals surface area contributed by atoms with Crippen molar-refractivity contribution in [2.45, 2.75) is 13.0 Å². The lowest BCUT2D eigenvalue weighted by Crippen LogP contribution is -2.53. The number of carbonyl (C=O) groups is 1. The molecule has 0 saturated carbocycles. The van der Waals surface area contributed by atoms with Crippen molar-refractivity contribution in [3.05, 3.63) is 54.1 Å². The number of nitrogens with zero attached hydrogens (tertiary/aromatic N) is 2. The van der Waals surface area contributed by atoms with Crippen LogP contribution in [0, 0.1) is 0 Å². The van der Waals surface area contributed by atoms with Crippen LogP contribution in [0.2, 0.25) is 0 Å². The summed E-state index contributed by atoms with van der Waals surface area (Å²) in [5.41, 5.74) is 1.86. The third-order valence-corrected chi connectivity index (χ3v) is 4.62. The van der Waals surface area contributed by atoms with Gasteiger partial charge in [-0.05, 0) is 37.3 Å². The first-order valence-corrected chi connectivity index (χ1v) is 8.23. The van der Waals surface area contributed by atoms with Crippen LogP contribution < -0.4 is 14.4 Å². The molecule has 0 N–H and O–H groups in total. The van der Waals surface area contributed by atoms with Crippen LogP contribution in [0.15, 0.2) is 48.5 Å². The summed E-state index contributed by atoms with van der Waals surface area (Å²) < 4.78 is 10.7. The predicted molar refractivity (Wildman–Crippen MR) is 91.7 cm³/mol. The van der Waals surface area contributed by atoms with Gasteiger partial charge in [-0.15, -0.1) is 0 Å². The largest absolute Gasteiger partial charge is 0.454 e. The first-order chi connectivity index (χ1) is 11.7. The standard InChI is InChI=1S/C19H20N2O3/c1-14-12-20(9-10-21(14)16-5-3-2-4-6-16)19(22)15-7-8-17-18(11-15)24-13-23-17/h2-8,11,14H,9-10,12-13H2,1H3. The zero-order valence-electron chi connectivity index (χ0n) is 13.6. The van der Waals surface area contributed by atoms with Gasteiger partial charge in [-0.2, -0.15) is 0 Å². The van der Waals surface area contributed by atoms with Gasteiger partial charge in [0.25, 0.3) is 5.91 Å². The molecular weight excluding hydrogens is 304 g/mol. The number of rotatable bonds is 2. The van der Waals surface area contributed by atoms with E-state index in [1.165, 1.54) is 5.69 Å². The monoisotopic (exact) mass is 324 g/mol. The molecule has 2 aromatic carbocycles. The number of benzene rings is 2. The first-order valence-electron chi connectivity index (χ1n) is 8.23. The highest BCUT2D eigenvalue weighted by Crippen LogP contribution is 2.33. The molecule has 5 nitrogen and oxygen atoms in total. The molecule has 0 aliphatic carbocycles. The minimum absolute atomic E-state index is 0.0489. The van der Waals surface area contributed by atoms with Crippen molar-refractivity contribution in [1.82, 2.24) is 4.90 Å². The third kappa shape index (κ3) is 2.66. The maximum Gasteiger partial charge on any atom is 0.254 e. The Morgan fingerprint density at radius 1 is 1.04 bits per heavy atom. The molecule has 24 heavy (non-hydrogen) atoms. The second kappa shape index (κ2) is 6.07. The van der Waals surface area contributed by atoms with Crippen molar-refractivity contribution in [3.8, 4) is 11.5 Å². The quantitative estimate of drug-likeness (QED) is 0.852. The van der Waals surface area contributed by atoms with E-state index >= 15 is 0 Å². The van der Waals surface area contributed by atoms with Gasteiger partial charge in [0.15, 0.2) is 11.5 Å². The molecular formula is C19H20N2O3. The molecule has 0 radical (unpaired) electrons. The number of fused-ring (bicyclic) bond motifs is 1. The first kappa shape index (κ1) is 14.9. The molecule has 4 rings (SSSR count). The van der Waals surface area contributed by atoms with Crippen LogP contribution in [0.1, 0.15) is 17.3 Å². The summed E-state index contributed by atoms with van der Waals surface area (Å²) in [6.07, 6.45) is 0. The Morgan fingerprint density at radius 3 is 2.62 bits per heavy atom. The molecule has 1 atom stereocenters. The summed E-state index contributed by atoms with van der Waals surface area (Å²) in [6, 6.07) is 16.0. The lowest BCUT2D eigenvalue weighted by Gasteiger charge is -2.41. The number of ether oxygens (including phenoxy) is 2. The van der Waals surface area contributed by atoms with Crippen LogP contribution in [0.25, 0.3) is 0 Å². The minimum Gasteiger partial charge on any atom is -0.454 e. The molecule has 124 valence electrons. The molecule has 0 spiro atoms. The van der Waals surface area contributed by atoms with Crippen LogP contribution in [-0.2, 0) is 0 Å². The highest BCUT2D eigenvalue weighted by Gasteiger charge is 2.28.